The van der Waals surface area contributed by atoms with E-state index in [1.165, 1.54) is 0 Å². The normalized spacial score (nSPS) is 17.2. The highest BCUT2D eigenvalue weighted by atomic mass is 79.9. The maximum atomic E-state index is 12.5. The highest BCUT2D eigenvalue weighted by Gasteiger charge is 2.35. The minimum atomic E-state index is -0.332. The standard InChI is InChI=1S/C19H19BrN2O2/c1-12-4-3-5-17(13(12)2)22-11-14(10-18(22)23)19(24)21-16-8-6-15(20)7-9-16/h3-9,14H,10-11H2,1-2H3,(H,21,24)/t14-/m0/s1. The number of carbonyl (C=O) groups excluding carboxylic acids is 2. The van der Waals surface area contributed by atoms with Gasteiger partial charge >= 0.3 is 0 Å². The summed E-state index contributed by atoms with van der Waals surface area (Å²) >= 11 is 3.37. The number of rotatable bonds is 3. The lowest BCUT2D eigenvalue weighted by molar-refractivity contribution is -0.122. The summed E-state index contributed by atoms with van der Waals surface area (Å²) in [6, 6.07) is 13.3. The highest BCUT2D eigenvalue weighted by molar-refractivity contribution is 9.10. The van der Waals surface area contributed by atoms with Gasteiger partial charge in [0.15, 0.2) is 0 Å². The molecule has 0 bridgehead atoms. The first-order chi connectivity index (χ1) is 11.5. The summed E-state index contributed by atoms with van der Waals surface area (Å²) in [6.45, 7) is 4.45. The van der Waals surface area contributed by atoms with Crippen LogP contribution in [0.15, 0.2) is 46.9 Å². The smallest absolute Gasteiger partial charge is 0.229 e. The molecular formula is C19H19BrN2O2. The molecule has 3 rings (SSSR count). The molecule has 2 aromatic carbocycles. The van der Waals surface area contributed by atoms with Crippen molar-refractivity contribution in [2.75, 3.05) is 16.8 Å². The Kier molecular flexibility index (Phi) is 4.71. The fourth-order valence-corrected chi connectivity index (χ4v) is 3.19. The maximum Gasteiger partial charge on any atom is 0.229 e. The summed E-state index contributed by atoms with van der Waals surface area (Å²) in [4.78, 5) is 26.6. The van der Waals surface area contributed by atoms with Gasteiger partial charge in [-0.2, -0.15) is 0 Å². The van der Waals surface area contributed by atoms with E-state index < -0.39 is 0 Å². The summed E-state index contributed by atoms with van der Waals surface area (Å²) in [6.07, 6.45) is 0.246. The van der Waals surface area contributed by atoms with E-state index in [-0.39, 0.29) is 24.2 Å². The zero-order valence-corrected chi connectivity index (χ0v) is 15.3. The second-order valence-electron chi connectivity index (χ2n) is 6.12. The van der Waals surface area contributed by atoms with E-state index in [9.17, 15) is 9.59 Å². The number of hydrogen-bond donors (Lipinski definition) is 1. The third-order valence-corrected chi connectivity index (χ3v) is 5.00. The molecule has 4 nitrogen and oxygen atoms in total. The molecule has 0 aliphatic carbocycles. The van der Waals surface area contributed by atoms with E-state index in [1.807, 2.05) is 56.3 Å². The molecule has 0 radical (unpaired) electrons. The van der Waals surface area contributed by atoms with Crippen LogP contribution in [0.3, 0.4) is 0 Å². The van der Waals surface area contributed by atoms with Crippen molar-refractivity contribution < 1.29 is 9.59 Å². The quantitative estimate of drug-likeness (QED) is 0.864. The van der Waals surface area contributed by atoms with Crippen LogP contribution in [-0.2, 0) is 9.59 Å². The summed E-state index contributed by atoms with van der Waals surface area (Å²) < 4.78 is 0.956. The van der Waals surface area contributed by atoms with Crippen LogP contribution in [0.1, 0.15) is 17.5 Å². The molecule has 0 spiro atoms. The fraction of sp³-hybridized carbons (Fsp3) is 0.263. The molecule has 1 aliphatic rings. The second kappa shape index (κ2) is 6.77. The van der Waals surface area contributed by atoms with Gasteiger partial charge in [0.1, 0.15) is 0 Å². The van der Waals surface area contributed by atoms with Crippen LogP contribution in [0.4, 0.5) is 11.4 Å². The minimum Gasteiger partial charge on any atom is -0.326 e. The molecule has 1 N–H and O–H groups in total. The minimum absolute atomic E-state index is 0.000318. The molecule has 1 saturated heterocycles. The number of halogens is 1. The lowest BCUT2D eigenvalue weighted by Crippen LogP contribution is -2.28. The lowest BCUT2D eigenvalue weighted by Gasteiger charge is -2.20. The fourth-order valence-electron chi connectivity index (χ4n) is 2.92. The van der Waals surface area contributed by atoms with Crippen molar-refractivity contribution in [2.45, 2.75) is 20.3 Å². The number of nitrogens with zero attached hydrogens (tertiary/aromatic N) is 1. The number of hydrogen-bond acceptors (Lipinski definition) is 2. The SMILES string of the molecule is Cc1cccc(N2C[C@@H](C(=O)Nc3ccc(Br)cc3)CC2=O)c1C. The van der Waals surface area contributed by atoms with Gasteiger partial charge in [-0.1, -0.05) is 28.1 Å². The van der Waals surface area contributed by atoms with Crippen molar-refractivity contribution in [3.63, 3.8) is 0 Å². The van der Waals surface area contributed by atoms with Gasteiger partial charge < -0.3 is 10.2 Å². The summed E-state index contributed by atoms with van der Waals surface area (Å²) in [5.74, 6) is -0.445. The molecule has 1 heterocycles. The van der Waals surface area contributed by atoms with Crippen molar-refractivity contribution in [3.8, 4) is 0 Å². The lowest BCUT2D eigenvalue weighted by atomic mass is 10.1. The Balaban J connectivity index is 1.73. The third kappa shape index (κ3) is 3.36. The molecule has 2 amide bonds. The van der Waals surface area contributed by atoms with Crippen molar-refractivity contribution in [2.24, 2.45) is 5.92 Å². The monoisotopic (exact) mass is 386 g/mol. The number of carbonyl (C=O) groups is 2. The number of amides is 2. The largest absolute Gasteiger partial charge is 0.326 e. The van der Waals surface area contributed by atoms with Crippen LogP contribution in [0.25, 0.3) is 0 Å². The Bertz CT molecular complexity index is 786. The van der Waals surface area contributed by atoms with Crippen molar-refractivity contribution in [1.82, 2.24) is 0 Å². The molecule has 2 aromatic rings. The highest BCUT2D eigenvalue weighted by Crippen LogP contribution is 2.30. The first kappa shape index (κ1) is 16.7. The van der Waals surface area contributed by atoms with Gasteiger partial charge in [0, 0.05) is 28.8 Å². The van der Waals surface area contributed by atoms with Gasteiger partial charge in [0.05, 0.1) is 5.92 Å². The second-order valence-corrected chi connectivity index (χ2v) is 7.04. The molecule has 1 aliphatic heterocycles. The number of benzene rings is 2. The summed E-state index contributed by atoms with van der Waals surface area (Å²) in [7, 11) is 0. The van der Waals surface area contributed by atoms with E-state index in [2.05, 4.69) is 21.2 Å². The number of aryl methyl sites for hydroxylation is 1. The maximum absolute atomic E-state index is 12.5. The molecule has 0 saturated carbocycles. The van der Waals surface area contributed by atoms with Gasteiger partial charge in [0.2, 0.25) is 11.8 Å². The van der Waals surface area contributed by atoms with Crippen molar-refractivity contribution in [3.05, 3.63) is 58.1 Å². The average Bonchev–Trinajstić information content (AvgIpc) is 2.94. The molecule has 0 unspecified atom stereocenters. The van der Waals surface area contributed by atoms with E-state index >= 15 is 0 Å². The molecule has 124 valence electrons. The van der Waals surface area contributed by atoms with E-state index in [0.717, 1.165) is 27.0 Å². The Morgan fingerprint density at radius 2 is 1.88 bits per heavy atom. The Hall–Kier alpha value is -2.14. The van der Waals surface area contributed by atoms with Crippen LogP contribution < -0.4 is 10.2 Å². The number of nitrogens with one attached hydrogen (secondary N) is 1. The van der Waals surface area contributed by atoms with Crippen LogP contribution in [0.2, 0.25) is 0 Å². The molecule has 0 aromatic heterocycles. The van der Waals surface area contributed by atoms with E-state index in [1.54, 1.807) is 4.90 Å². The molecule has 1 atom stereocenters. The molecule has 24 heavy (non-hydrogen) atoms. The van der Waals surface area contributed by atoms with Gasteiger partial charge in [-0.3, -0.25) is 9.59 Å². The van der Waals surface area contributed by atoms with E-state index in [0.29, 0.717) is 6.54 Å². The Morgan fingerprint density at radius 1 is 1.17 bits per heavy atom. The molecule has 5 heteroatoms. The topological polar surface area (TPSA) is 49.4 Å². The predicted octanol–water partition coefficient (Wildman–Crippen LogP) is 4.06. The number of anilines is 2. The predicted molar refractivity (Wildman–Crippen MR) is 99.1 cm³/mol. The van der Waals surface area contributed by atoms with Gasteiger partial charge in [-0.15, -0.1) is 0 Å². The van der Waals surface area contributed by atoms with Crippen LogP contribution >= 0.6 is 15.9 Å². The third-order valence-electron chi connectivity index (χ3n) is 4.47. The van der Waals surface area contributed by atoms with Crippen LogP contribution in [-0.4, -0.2) is 18.4 Å². The molecular weight excluding hydrogens is 368 g/mol. The summed E-state index contributed by atoms with van der Waals surface area (Å²) in [5.41, 5.74) is 3.86. The van der Waals surface area contributed by atoms with Gasteiger partial charge in [-0.25, -0.2) is 0 Å². The zero-order valence-electron chi connectivity index (χ0n) is 13.7. The van der Waals surface area contributed by atoms with Crippen molar-refractivity contribution in [1.29, 1.82) is 0 Å². The Labute approximate surface area is 150 Å². The van der Waals surface area contributed by atoms with Crippen LogP contribution in [0.5, 0.6) is 0 Å². The average molecular weight is 387 g/mol. The van der Waals surface area contributed by atoms with E-state index in [4.69, 9.17) is 0 Å². The van der Waals surface area contributed by atoms with Gasteiger partial charge in [0.25, 0.3) is 0 Å². The van der Waals surface area contributed by atoms with Crippen molar-refractivity contribution >= 4 is 39.1 Å². The van der Waals surface area contributed by atoms with Gasteiger partial charge in [-0.05, 0) is 55.3 Å². The summed E-state index contributed by atoms with van der Waals surface area (Å²) in [5, 5.41) is 2.89. The molecule has 1 fully saturated rings. The first-order valence-electron chi connectivity index (χ1n) is 7.88. The zero-order chi connectivity index (χ0) is 17.3. The first-order valence-corrected chi connectivity index (χ1v) is 8.68. The Morgan fingerprint density at radius 3 is 2.58 bits per heavy atom. The van der Waals surface area contributed by atoms with Crippen LogP contribution in [0, 0.1) is 19.8 Å².